The third-order valence-electron chi connectivity index (χ3n) is 3.09. The molecule has 2 aromatic rings. The van der Waals surface area contributed by atoms with Gasteiger partial charge in [-0.1, -0.05) is 30.1 Å². The lowest BCUT2D eigenvalue weighted by Crippen LogP contribution is -2.03. The lowest BCUT2D eigenvalue weighted by Gasteiger charge is -2.13. The average Bonchev–Trinajstić information content (AvgIpc) is 2.42. The minimum absolute atomic E-state index is 0.0528. The number of nitrogens with two attached hydrogens (primary N) is 1. The summed E-state index contributed by atoms with van der Waals surface area (Å²) < 4.78 is 0. The van der Waals surface area contributed by atoms with E-state index in [9.17, 15) is 5.11 Å². The maximum absolute atomic E-state index is 9.92. The van der Waals surface area contributed by atoms with Crippen LogP contribution in [0.2, 0.25) is 10.0 Å². The normalized spacial score (nSPS) is 10.6. The zero-order valence-corrected chi connectivity index (χ0v) is 12.6. The summed E-state index contributed by atoms with van der Waals surface area (Å²) in [5, 5.41) is 13.9. The first-order chi connectivity index (χ1) is 9.51. The molecule has 0 bridgehead atoms. The average molecular weight is 311 g/mol. The van der Waals surface area contributed by atoms with Crippen molar-refractivity contribution in [3.05, 3.63) is 51.5 Å². The molecule has 0 heterocycles. The van der Waals surface area contributed by atoms with Crippen molar-refractivity contribution in [2.24, 2.45) is 0 Å². The predicted octanol–water partition coefficient (Wildman–Crippen LogP) is 4.46. The van der Waals surface area contributed by atoms with Crippen LogP contribution in [0.1, 0.15) is 18.1 Å². The largest absolute Gasteiger partial charge is 0.506 e. The topological polar surface area (TPSA) is 58.3 Å². The van der Waals surface area contributed by atoms with Gasteiger partial charge < -0.3 is 16.2 Å². The highest BCUT2D eigenvalue weighted by Gasteiger charge is 2.09. The van der Waals surface area contributed by atoms with E-state index < -0.39 is 0 Å². The number of halogens is 2. The molecule has 0 saturated heterocycles. The Morgan fingerprint density at radius 1 is 1.15 bits per heavy atom. The van der Waals surface area contributed by atoms with Crippen LogP contribution in [-0.4, -0.2) is 5.11 Å². The standard InChI is InChI=1S/C15H16Cl2N2O/c1-2-9-6-12(18)3-4-14(9)19-8-10-5-11(16)7-13(17)15(10)20/h3-7,19-20H,2,8,18H2,1H3. The molecular formula is C15H16Cl2N2O. The minimum atomic E-state index is 0.0528. The third-order valence-corrected chi connectivity index (χ3v) is 3.59. The van der Waals surface area contributed by atoms with Gasteiger partial charge in [-0.3, -0.25) is 0 Å². The Morgan fingerprint density at radius 3 is 2.60 bits per heavy atom. The maximum atomic E-state index is 9.92. The van der Waals surface area contributed by atoms with Crippen LogP contribution in [0.4, 0.5) is 11.4 Å². The van der Waals surface area contributed by atoms with Crippen molar-refractivity contribution in [3.8, 4) is 5.75 Å². The minimum Gasteiger partial charge on any atom is -0.506 e. The molecule has 3 nitrogen and oxygen atoms in total. The van der Waals surface area contributed by atoms with Crippen molar-refractivity contribution in [2.45, 2.75) is 19.9 Å². The third kappa shape index (κ3) is 3.30. The molecule has 0 atom stereocenters. The fraction of sp³-hybridized carbons (Fsp3) is 0.200. The van der Waals surface area contributed by atoms with Gasteiger partial charge in [0.25, 0.3) is 0 Å². The maximum Gasteiger partial charge on any atom is 0.139 e. The predicted molar refractivity (Wildman–Crippen MR) is 85.7 cm³/mol. The van der Waals surface area contributed by atoms with Gasteiger partial charge in [-0.15, -0.1) is 0 Å². The Hall–Kier alpha value is -1.58. The van der Waals surface area contributed by atoms with Crippen LogP contribution >= 0.6 is 23.2 Å². The number of nitrogen functional groups attached to an aromatic ring is 1. The highest BCUT2D eigenvalue weighted by atomic mass is 35.5. The molecule has 0 amide bonds. The van der Waals surface area contributed by atoms with Crippen LogP contribution in [0.3, 0.4) is 0 Å². The van der Waals surface area contributed by atoms with E-state index in [1.54, 1.807) is 6.07 Å². The summed E-state index contributed by atoms with van der Waals surface area (Å²) in [6.45, 7) is 2.50. The van der Waals surface area contributed by atoms with Crippen LogP contribution in [0.25, 0.3) is 0 Å². The van der Waals surface area contributed by atoms with Gasteiger partial charge in [-0.2, -0.15) is 0 Å². The summed E-state index contributed by atoms with van der Waals surface area (Å²) in [6.07, 6.45) is 0.871. The molecule has 4 N–H and O–H groups in total. The highest BCUT2D eigenvalue weighted by molar-refractivity contribution is 6.35. The van der Waals surface area contributed by atoms with Crippen molar-refractivity contribution >= 4 is 34.6 Å². The molecule has 5 heteroatoms. The smallest absolute Gasteiger partial charge is 0.139 e. The van der Waals surface area contributed by atoms with Crippen LogP contribution < -0.4 is 11.1 Å². The number of nitrogens with one attached hydrogen (secondary N) is 1. The highest BCUT2D eigenvalue weighted by Crippen LogP contribution is 2.32. The molecule has 0 fully saturated rings. The fourth-order valence-corrected chi connectivity index (χ4v) is 2.56. The van der Waals surface area contributed by atoms with E-state index in [0.717, 1.165) is 23.4 Å². The summed E-state index contributed by atoms with van der Waals surface area (Å²) >= 11 is 11.8. The van der Waals surface area contributed by atoms with Gasteiger partial charge in [0.15, 0.2) is 0 Å². The van der Waals surface area contributed by atoms with E-state index in [2.05, 4.69) is 12.2 Å². The van der Waals surface area contributed by atoms with Crippen molar-refractivity contribution < 1.29 is 5.11 Å². The number of hydrogen-bond acceptors (Lipinski definition) is 3. The number of aromatic hydroxyl groups is 1. The first-order valence-corrected chi connectivity index (χ1v) is 7.06. The summed E-state index contributed by atoms with van der Waals surface area (Å²) in [6, 6.07) is 8.91. The Labute approximate surface area is 128 Å². The number of phenolic OH excluding ortho intramolecular Hbond substituents is 1. The zero-order valence-electron chi connectivity index (χ0n) is 11.1. The summed E-state index contributed by atoms with van der Waals surface area (Å²) in [5.41, 5.74) is 9.27. The second-order valence-electron chi connectivity index (χ2n) is 4.52. The van der Waals surface area contributed by atoms with Gasteiger partial charge in [0.2, 0.25) is 0 Å². The lowest BCUT2D eigenvalue weighted by atomic mass is 10.1. The molecule has 0 unspecified atom stereocenters. The zero-order chi connectivity index (χ0) is 14.7. The second kappa shape index (κ2) is 6.25. The van der Waals surface area contributed by atoms with E-state index in [4.69, 9.17) is 28.9 Å². The quantitative estimate of drug-likeness (QED) is 0.731. The van der Waals surface area contributed by atoms with Crippen LogP contribution in [-0.2, 0) is 13.0 Å². The summed E-state index contributed by atoms with van der Waals surface area (Å²) in [5.74, 6) is 0.0528. The number of benzene rings is 2. The van der Waals surface area contributed by atoms with Gasteiger partial charge in [0.05, 0.1) is 5.02 Å². The first kappa shape index (κ1) is 14.8. The van der Waals surface area contributed by atoms with E-state index in [1.165, 1.54) is 6.07 Å². The molecular weight excluding hydrogens is 295 g/mol. The van der Waals surface area contributed by atoms with Gasteiger partial charge >= 0.3 is 0 Å². The van der Waals surface area contributed by atoms with E-state index in [1.807, 2.05) is 18.2 Å². The van der Waals surface area contributed by atoms with E-state index in [-0.39, 0.29) is 10.8 Å². The monoisotopic (exact) mass is 310 g/mol. The van der Waals surface area contributed by atoms with Crippen molar-refractivity contribution in [2.75, 3.05) is 11.1 Å². The molecule has 2 aromatic carbocycles. The molecule has 106 valence electrons. The number of aryl methyl sites for hydroxylation is 1. The lowest BCUT2D eigenvalue weighted by molar-refractivity contribution is 0.469. The molecule has 0 aliphatic rings. The van der Waals surface area contributed by atoms with Gasteiger partial charge in [-0.05, 0) is 42.3 Å². The molecule has 0 aliphatic carbocycles. The Balaban J connectivity index is 2.21. The van der Waals surface area contributed by atoms with E-state index in [0.29, 0.717) is 17.1 Å². The Kier molecular flexibility index (Phi) is 4.63. The molecule has 2 rings (SSSR count). The molecule has 20 heavy (non-hydrogen) atoms. The van der Waals surface area contributed by atoms with Crippen molar-refractivity contribution in [1.82, 2.24) is 0 Å². The number of rotatable bonds is 4. The second-order valence-corrected chi connectivity index (χ2v) is 5.36. The van der Waals surface area contributed by atoms with Crippen LogP contribution in [0.5, 0.6) is 5.75 Å². The fourth-order valence-electron chi connectivity index (χ4n) is 2.02. The van der Waals surface area contributed by atoms with Crippen molar-refractivity contribution in [1.29, 1.82) is 0 Å². The van der Waals surface area contributed by atoms with Gasteiger partial charge in [0.1, 0.15) is 5.75 Å². The number of phenols is 1. The first-order valence-electron chi connectivity index (χ1n) is 6.30. The molecule has 0 aromatic heterocycles. The van der Waals surface area contributed by atoms with Crippen LogP contribution in [0.15, 0.2) is 30.3 Å². The Bertz CT molecular complexity index is 630. The molecule has 0 saturated carbocycles. The molecule has 0 aliphatic heterocycles. The van der Waals surface area contributed by atoms with Crippen molar-refractivity contribution in [3.63, 3.8) is 0 Å². The van der Waals surface area contributed by atoms with E-state index >= 15 is 0 Å². The summed E-state index contributed by atoms with van der Waals surface area (Å²) in [4.78, 5) is 0. The Morgan fingerprint density at radius 2 is 1.90 bits per heavy atom. The number of hydrogen-bond donors (Lipinski definition) is 3. The molecule has 0 spiro atoms. The van der Waals surface area contributed by atoms with Gasteiger partial charge in [-0.25, -0.2) is 0 Å². The SMILES string of the molecule is CCc1cc(N)ccc1NCc1cc(Cl)cc(Cl)c1O. The number of anilines is 2. The summed E-state index contributed by atoms with van der Waals surface area (Å²) in [7, 11) is 0. The van der Waals surface area contributed by atoms with Crippen LogP contribution in [0, 0.1) is 0 Å². The molecule has 0 radical (unpaired) electrons. The van der Waals surface area contributed by atoms with Gasteiger partial charge in [0, 0.05) is 28.5 Å².